The number of aromatic carboxylic acids is 1. The molecular weight excluding hydrogens is 238 g/mol. The van der Waals surface area contributed by atoms with Crippen LogP contribution >= 0.6 is 0 Å². The highest BCUT2D eigenvalue weighted by molar-refractivity contribution is 6.23. The van der Waals surface area contributed by atoms with Crippen molar-refractivity contribution in [1.82, 2.24) is 9.78 Å². The third-order valence-electron chi connectivity index (χ3n) is 2.97. The van der Waals surface area contributed by atoms with Crippen molar-refractivity contribution >= 4 is 23.6 Å². The highest BCUT2D eigenvalue weighted by atomic mass is 16.4. The van der Waals surface area contributed by atoms with Gasteiger partial charge in [-0.1, -0.05) is 13.8 Å². The van der Waals surface area contributed by atoms with E-state index in [2.05, 4.69) is 5.10 Å². The molecule has 0 aliphatic carbocycles. The average Bonchev–Trinajstić information content (AvgIpc) is 2.68. The van der Waals surface area contributed by atoms with Crippen LogP contribution in [0.5, 0.6) is 0 Å². The molecule has 0 saturated carbocycles. The molecule has 2 amide bonds. The second kappa shape index (κ2) is 3.66. The first-order valence-electron chi connectivity index (χ1n) is 5.38. The maximum absolute atomic E-state index is 12.1. The van der Waals surface area contributed by atoms with Crippen molar-refractivity contribution < 1.29 is 19.5 Å². The Labute approximate surface area is 103 Å². The molecule has 1 aromatic rings. The molecule has 18 heavy (non-hydrogen) atoms. The van der Waals surface area contributed by atoms with Gasteiger partial charge in [0.15, 0.2) is 5.82 Å². The van der Waals surface area contributed by atoms with Gasteiger partial charge in [-0.25, -0.2) is 9.69 Å². The van der Waals surface area contributed by atoms with Gasteiger partial charge in [-0.3, -0.25) is 14.3 Å². The molecule has 1 aliphatic rings. The van der Waals surface area contributed by atoms with Crippen molar-refractivity contribution in [3.05, 3.63) is 11.8 Å². The Hall–Kier alpha value is -2.18. The molecule has 0 spiro atoms. The fourth-order valence-corrected chi connectivity index (χ4v) is 2.01. The van der Waals surface area contributed by atoms with Crippen LogP contribution in [0.4, 0.5) is 5.82 Å². The van der Waals surface area contributed by atoms with Gasteiger partial charge in [-0.05, 0) is 0 Å². The summed E-state index contributed by atoms with van der Waals surface area (Å²) in [6.45, 7) is 3.31. The number of amides is 2. The van der Waals surface area contributed by atoms with Gasteiger partial charge in [-0.2, -0.15) is 5.10 Å². The first-order valence-corrected chi connectivity index (χ1v) is 5.38. The first kappa shape index (κ1) is 12.3. The number of nitrogens with zero attached hydrogens (tertiary/aromatic N) is 3. The summed E-state index contributed by atoms with van der Waals surface area (Å²) < 4.78 is 1.22. The standard InChI is InChI=1S/C11H13N3O4/c1-11(2)4-7(15)14(10(11)18)8-6(9(16)17)5-12-13(8)3/h5H,4H2,1-3H3,(H,16,17). The van der Waals surface area contributed by atoms with Crippen molar-refractivity contribution in [3.8, 4) is 0 Å². The van der Waals surface area contributed by atoms with Crippen LogP contribution in [0, 0.1) is 5.41 Å². The minimum absolute atomic E-state index is 0.0167. The zero-order valence-electron chi connectivity index (χ0n) is 10.3. The van der Waals surface area contributed by atoms with Gasteiger partial charge in [-0.15, -0.1) is 0 Å². The molecule has 1 aromatic heterocycles. The maximum atomic E-state index is 12.1. The van der Waals surface area contributed by atoms with E-state index in [9.17, 15) is 14.4 Å². The highest BCUT2D eigenvalue weighted by Gasteiger charge is 2.47. The zero-order chi connectivity index (χ0) is 13.7. The van der Waals surface area contributed by atoms with Crippen LogP contribution in [0.1, 0.15) is 30.6 Å². The van der Waals surface area contributed by atoms with Crippen molar-refractivity contribution in [2.24, 2.45) is 12.5 Å². The quantitative estimate of drug-likeness (QED) is 0.768. The molecule has 0 radical (unpaired) electrons. The molecule has 7 nitrogen and oxygen atoms in total. The number of carbonyl (C=O) groups is 3. The summed E-state index contributed by atoms with van der Waals surface area (Å²) in [4.78, 5) is 36.0. The van der Waals surface area contributed by atoms with Crippen molar-refractivity contribution in [3.63, 3.8) is 0 Å². The molecule has 0 unspecified atom stereocenters. The third-order valence-corrected chi connectivity index (χ3v) is 2.97. The Bertz CT molecular complexity index is 559. The minimum Gasteiger partial charge on any atom is -0.477 e. The summed E-state index contributed by atoms with van der Waals surface area (Å²) in [6.07, 6.45) is 1.19. The van der Waals surface area contributed by atoms with Gasteiger partial charge in [0.05, 0.1) is 11.6 Å². The predicted molar refractivity (Wildman–Crippen MR) is 61.1 cm³/mol. The number of rotatable bonds is 2. The Balaban J connectivity index is 2.57. The molecule has 1 saturated heterocycles. The molecule has 96 valence electrons. The molecule has 2 heterocycles. The van der Waals surface area contributed by atoms with Gasteiger partial charge in [0.25, 0.3) is 0 Å². The minimum atomic E-state index is -1.22. The molecule has 2 rings (SSSR count). The zero-order valence-corrected chi connectivity index (χ0v) is 10.3. The number of carbonyl (C=O) groups excluding carboxylic acids is 2. The van der Waals surface area contributed by atoms with Gasteiger partial charge in [0.2, 0.25) is 11.8 Å². The van der Waals surface area contributed by atoms with E-state index in [1.165, 1.54) is 11.7 Å². The van der Waals surface area contributed by atoms with Gasteiger partial charge in [0, 0.05) is 13.5 Å². The Morgan fingerprint density at radius 2 is 2.06 bits per heavy atom. The normalized spacial score (nSPS) is 18.5. The van der Waals surface area contributed by atoms with Crippen molar-refractivity contribution in [1.29, 1.82) is 0 Å². The molecule has 0 bridgehead atoms. The van der Waals surface area contributed by atoms with Crippen molar-refractivity contribution in [2.75, 3.05) is 4.90 Å². The molecule has 7 heteroatoms. The molecule has 1 N–H and O–H groups in total. The van der Waals surface area contributed by atoms with E-state index < -0.39 is 23.2 Å². The lowest BCUT2D eigenvalue weighted by Gasteiger charge is -2.18. The number of hydrogen-bond donors (Lipinski definition) is 1. The van der Waals surface area contributed by atoms with E-state index in [0.717, 1.165) is 11.1 Å². The number of aryl methyl sites for hydroxylation is 1. The molecule has 1 fully saturated rings. The van der Waals surface area contributed by atoms with E-state index >= 15 is 0 Å². The van der Waals surface area contributed by atoms with Crippen LogP contribution in [-0.2, 0) is 16.6 Å². The van der Waals surface area contributed by atoms with Gasteiger partial charge in [0.1, 0.15) is 5.56 Å². The second-order valence-electron chi connectivity index (χ2n) is 4.91. The highest BCUT2D eigenvalue weighted by Crippen LogP contribution is 2.36. The Morgan fingerprint density at radius 1 is 1.44 bits per heavy atom. The molecular formula is C11H13N3O4. The van der Waals surface area contributed by atoms with Crippen LogP contribution in [0.25, 0.3) is 0 Å². The van der Waals surface area contributed by atoms with Gasteiger partial charge >= 0.3 is 5.97 Å². The van der Waals surface area contributed by atoms with E-state index in [0.29, 0.717) is 0 Å². The number of carboxylic acids is 1. The lowest BCUT2D eigenvalue weighted by Crippen LogP contribution is -2.35. The largest absolute Gasteiger partial charge is 0.477 e. The predicted octanol–water partition coefficient (Wildman–Crippen LogP) is 0.408. The second-order valence-corrected chi connectivity index (χ2v) is 4.91. The van der Waals surface area contributed by atoms with E-state index in [1.807, 2.05) is 0 Å². The smallest absolute Gasteiger partial charge is 0.341 e. The summed E-state index contributed by atoms with van der Waals surface area (Å²) in [7, 11) is 1.49. The van der Waals surface area contributed by atoms with Crippen molar-refractivity contribution in [2.45, 2.75) is 20.3 Å². The number of hydrogen-bond acceptors (Lipinski definition) is 4. The van der Waals surface area contributed by atoms with Crippen LogP contribution in [0.3, 0.4) is 0 Å². The number of anilines is 1. The summed E-state index contributed by atoms with van der Waals surface area (Å²) >= 11 is 0. The summed E-state index contributed by atoms with van der Waals surface area (Å²) in [5.41, 5.74) is -0.964. The first-order chi connectivity index (χ1) is 8.25. The number of carboxylic acid groups (broad SMARTS) is 1. The Kier molecular flexibility index (Phi) is 2.50. The van der Waals surface area contributed by atoms with E-state index in [-0.39, 0.29) is 17.8 Å². The van der Waals surface area contributed by atoms with Crippen LogP contribution in [0.2, 0.25) is 0 Å². The topological polar surface area (TPSA) is 92.5 Å². The number of imide groups is 1. The summed E-state index contributed by atoms with van der Waals surface area (Å²) in [5, 5.41) is 12.8. The van der Waals surface area contributed by atoms with Crippen LogP contribution in [0.15, 0.2) is 6.20 Å². The summed E-state index contributed by atoms with van der Waals surface area (Å²) in [6, 6.07) is 0. The fourth-order valence-electron chi connectivity index (χ4n) is 2.01. The maximum Gasteiger partial charge on any atom is 0.341 e. The average molecular weight is 251 g/mol. The fraction of sp³-hybridized carbons (Fsp3) is 0.455. The lowest BCUT2D eigenvalue weighted by molar-refractivity contribution is -0.124. The monoisotopic (exact) mass is 251 g/mol. The van der Waals surface area contributed by atoms with Crippen LogP contribution < -0.4 is 4.90 Å². The molecule has 1 aliphatic heterocycles. The summed E-state index contributed by atoms with van der Waals surface area (Å²) in [5.74, 6) is -2.01. The molecule has 0 aromatic carbocycles. The number of aromatic nitrogens is 2. The molecule has 0 atom stereocenters. The lowest BCUT2D eigenvalue weighted by atomic mass is 9.92. The SMILES string of the molecule is Cn1ncc(C(=O)O)c1N1C(=O)CC(C)(C)C1=O. The Morgan fingerprint density at radius 3 is 2.50 bits per heavy atom. The van der Waals surface area contributed by atoms with Gasteiger partial charge < -0.3 is 5.11 Å². The third kappa shape index (κ3) is 1.59. The van der Waals surface area contributed by atoms with E-state index in [4.69, 9.17) is 5.11 Å². The van der Waals surface area contributed by atoms with Crippen LogP contribution in [-0.4, -0.2) is 32.7 Å². The van der Waals surface area contributed by atoms with E-state index in [1.54, 1.807) is 13.8 Å².